The molecule has 1 aromatic carbocycles. The lowest BCUT2D eigenvalue weighted by atomic mass is 10.0. The summed E-state index contributed by atoms with van der Waals surface area (Å²) >= 11 is 0.486. The van der Waals surface area contributed by atoms with Crippen molar-refractivity contribution in [2.24, 2.45) is 11.7 Å². The third-order valence-corrected chi connectivity index (χ3v) is 3.98. The van der Waals surface area contributed by atoms with E-state index >= 15 is 0 Å². The summed E-state index contributed by atoms with van der Waals surface area (Å²) in [6, 6.07) is 6.32. The van der Waals surface area contributed by atoms with Crippen molar-refractivity contribution in [2.45, 2.75) is 36.0 Å². The summed E-state index contributed by atoms with van der Waals surface area (Å²) in [4.78, 5) is 12.4. The van der Waals surface area contributed by atoms with E-state index in [1.807, 2.05) is 0 Å². The summed E-state index contributed by atoms with van der Waals surface area (Å²) in [7, 11) is 0. The molecule has 0 spiro atoms. The predicted octanol–water partition coefficient (Wildman–Crippen LogP) is 3.07. The number of carbonyl (C=O) groups excluding carboxylic acids is 1. The second kappa shape index (κ2) is 6.34. The van der Waals surface area contributed by atoms with Crippen LogP contribution in [-0.4, -0.2) is 17.7 Å². The highest BCUT2D eigenvalue weighted by molar-refractivity contribution is 7.99. The number of nitrogens with two attached hydrogens (primary N) is 1. The van der Waals surface area contributed by atoms with Crippen molar-refractivity contribution in [3.05, 3.63) is 24.3 Å². The number of hydrogen-bond donors (Lipinski definition) is 2. The molecule has 3 N–H and O–H groups in total. The minimum absolute atomic E-state index is 0.0753. The maximum absolute atomic E-state index is 12.2. The van der Waals surface area contributed by atoms with Gasteiger partial charge in [-0.3, -0.25) is 4.79 Å². The lowest BCUT2D eigenvalue weighted by molar-refractivity contribution is -0.120. The van der Waals surface area contributed by atoms with E-state index in [1.54, 1.807) is 24.3 Å². The van der Waals surface area contributed by atoms with E-state index in [4.69, 9.17) is 5.73 Å². The molecule has 1 saturated carbocycles. The Bertz CT molecular complexity index is 439. The maximum atomic E-state index is 12.2. The van der Waals surface area contributed by atoms with Gasteiger partial charge in [0, 0.05) is 16.6 Å². The maximum Gasteiger partial charge on any atom is 0.288 e. The zero-order valence-electron chi connectivity index (χ0n) is 10.3. The standard InChI is InChI=1S/C13H16F2N2OS/c14-13(15)19-9-6-4-8(5-7-9)17-12(18)10-2-1-3-11(10)16/h4-7,10-11,13H,1-3,16H2,(H,17,18). The molecule has 0 aliphatic heterocycles. The number of thioether (sulfide) groups is 1. The Morgan fingerprint density at radius 2 is 2.00 bits per heavy atom. The molecule has 1 aliphatic carbocycles. The second-order valence-corrected chi connectivity index (χ2v) is 5.66. The molecule has 1 amide bonds. The van der Waals surface area contributed by atoms with Gasteiger partial charge < -0.3 is 11.1 Å². The number of hydrogen-bond acceptors (Lipinski definition) is 3. The molecule has 0 bridgehead atoms. The third kappa shape index (κ3) is 3.91. The minimum Gasteiger partial charge on any atom is -0.327 e. The van der Waals surface area contributed by atoms with Crippen LogP contribution >= 0.6 is 11.8 Å². The van der Waals surface area contributed by atoms with Gasteiger partial charge in [-0.2, -0.15) is 8.78 Å². The van der Waals surface area contributed by atoms with E-state index in [-0.39, 0.29) is 17.9 Å². The number of nitrogens with one attached hydrogen (secondary N) is 1. The molecule has 2 rings (SSSR count). The van der Waals surface area contributed by atoms with Crippen LogP contribution in [0, 0.1) is 5.92 Å². The van der Waals surface area contributed by atoms with Crippen LogP contribution in [0.2, 0.25) is 0 Å². The predicted molar refractivity (Wildman–Crippen MR) is 72.2 cm³/mol. The first-order valence-electron chi connectivity index (χ1n) is 6.17. The smallest absolute Gasteiger partial charge is 0.288 e. The van der Waals surface area contributed by atoms with Gasteiger partial charge in [-0.1, -0.05) is 18.2 Å². The van der Waals surface area contributed by atoms with E-state index in [2.05, 4.69) is 5.32 Å². The molecular weight excluding hydrogens is 270 g/mol. The topological polar surface area (TPSA) is 55.1 Å². The molecule has 3 nitrogen and oxygen atoms in total. The Morgan fingerprint density at radius 1 is 1.32 bits per heavy atom. The Labute approximate surface area is 114 Å². The fourth-order valence-electron chi connectivity index (χ4n) is 2.27. The minimum atomic E-state index is -2.43. The van der Waals surface area contributed by atoms with Crippen LogP contribution in [0.4, 0.5) is 14.5 Å². The van der Waals surface area contributed by atoms with Crippen LogP contribution in [0.5, 0.6) is 0 Å². The molecule has 19 heavy (non-hydrogen) atoms. The van der Waals surface area contributed by atoms with E-state index in [0.29, 0.717) is 22.3 Å². The molecule has 1 fully saturated rings. The van der Waals surface area contributed by atoms with Crippen LogP contribution in [0.1, 0.15) is 19.3 Å². The van der Waals surface area contributed by atoms with E-state index in [0.717, 1.165) is 19.3 Å². The number of benzene rings is 1. The van der Waals surface area contributed by atoms with Crippen LogP contribution in [0.3, 0.4) is 0 Å². The van der Waals surface area contributed by atoms with Crippen molar-refractivity contribution in [3.8, 4) is 0 Å². The van der Waals surface area contributed by atoms with Gasteiger partial charge in [0.25, 0.3) is 5.76 Å². The van der Waals surface area contributed by atoms with Gasteiger partial charge >= 0.3 is 0 Å². The molecule has 104 valence electrons. The first kappa shape index (κ1) is 14.3. The van der Waals surface area contributed by atoms with E-state index in [9.17, 15) is 13.6 Å². The molecule has 6 heteroatoms. The SMILES string of the molecule is NC1CCCC1C(=O)Nc1ccc(SC(F)F)cc1. The van der Waals surface area contributed by atoms with E-state index < -0.39 is 5.76 Å². The van der Waals surface area contributed by atoms with Crippen molar-refractivity contribution in [1.82, 2.24) is 0 Å². The Kier molecular flexibility index (Phi) is 4.76. The quantitative estimate of drug-likeness (QED) is 0.836. The number of rotatable bonds is 4. The lowest BCUT2D eigenvalue weighted by Crippen LogP contribution is -2.34. The Morgan fingerprint density at radius 3 is 2.53 bits per heavy atom. The van der Waals surface area contributed by atoms with Crippen LogP contribution in [0.15, 0.2) is 29.2 Å². The normalized spacial score (nSPS) is 22.7. The average molecular weight is 286 g/mol. The molecule has 2 atom stereocenters. The van der Waals surface area contributed by atoms with Crippen LogP contribution in [-0.2, 0) is 4.79 Å². The van der Waals surface area contributed by atoms with E-state index in [1.165, 1.54) is 0 Å². The van der Waals surface area contributed by atoms with Crippen molar-refractivity contribution in [3.63, 3.8) is 0 Å². The summed E-state index contributed by atoms with van der Waals surface area (Å²) in [5.41, 5.74) is 6.48. The summed E-state index contributed by atoms with van der Waals surface area (Å²) in [5, 5.41) is 2.78. The van der Waals surface area contributed by atoms with Gasteiger partial charge in [0.2, 0.25) is 5.91 Å². The molecular formula is C13H16F2N2OS. The average Bonchev–Trinajstić information content (AvgIpc) is 2.77. The van der Waals surface area contributed by atoms with Crippen molar-refractivity contribution in [1.29, 1.82) is 0 Å². The molecule has 0 radical (unpaired) electrons. The highest BCUT2D eigenvalue weighted by Crippen LogP contribution is 2.28. The molecule has 1 aromatic rings. The van der Waals surface area contributed by atoms with Gasteiger partial charge in [-0.25, -0.2) is 0 Å². The Hall–Kier alpha value is -1.14. The fraction of sp³-hybridized carbons (Fsp3) is 0.462. The monoisotopic (exact) mass is 286 g/mol. The van der Waals surface area contributed by atoms with Gasteiger partial charge in [-0.05, 0) is 37.1 Å². The molecule has 0 saturated heterocycles. The van der Waals surface area contributed by atoms with Crippen LogP contribution in [0.25, 0.3) is 0 Å². The number of alkyl halides is 2. The first-order chi connectivity index (χ1) is 9.06. The van der Waals surface area contributed by atoms with Gasteiger partial charge in [-0.15, -0.1) is 0 Å². The summed E-state index contributed by atoms with van der Waals surface area (Å²) in [6.07, 6.45) is 2.66. The van der Waals surface area contributed by atoms with Crippen molar-refractivity contribution < 1.29 is 13.6 Å². The van der Waals surface area contributed by atoms with Crippen LogP contribution < -0.4 is 11.1 Å². The van der Waals surface area contributed by atoms with Gasteiger partial charge in [0.1, 0.15) is 0 Å². The highest BCUT2D eigenvalue weighted by Gasteiger charge is 2.30. The number of carbonyl (C=O) groups is 1. The number of amides is 1. The first-order valence-corrected chi connectivity index (χ1v) is 7.05. The van der Waals surface area contributed by atoms with Gasteiger partial charge in [0.05, 0.1) is 5.92 Å². The highest BCUT2D eigenvalue weighted by atomic mass is 32.2. The zero-order valence-corrected chi connectivity index (χ0v) is 11.1. The molecule has 1 aliphatic rings. The molecule has 0 aromatic heterocycles. The van der Waals surface area contributed by atoms with Gasteiger partial charge in [0.15, 0.2) is 0 Å². The Balaban J connectivity index is 1.93. The lowest BCUT2D eigenvalue weighted by Gasteiger charge is -2.15. The second-order valence-electron chi connectivity index (χ2n) is 4.59. The summed E-state index contributed by atoms with van der Waals surface area (Å²) in [5.74, 6) is -2.66. The third-order valence-electron chi connectivity index (χ3n) is 3.25. The number of halogens is 2. The van der Waals surface area contributed by atoms with Crippen molar-refractivity contribution in [2.75, 3.05) is 5.32 Å². The largest absolute Gasteiger partial charge is 0.327 e. The zero-order chi connectivity index (χ0) is 13.8. The summed E-state index contributed by atoms with van der Waals surface area (Å²) < 4.78 is 24.3. The molecule has 0 heterocycles. The molecule has 2 unspecified atom stereocenters. The summed E-state index contributed by atoms with van der Waals surface area (Å²) in [6.45, 7) is 0. The number of anilines is 1. The fourth-order valence-corrected chi connectivity index (χ4v) is 2.77. The van der Waals surface area contributed by atoms with Crippen molar-refractivity contribution >= 4 is 23.4 Å².